The molecule has 2 aromatic carbocycles. The summed E-state index contributed by atoms with van der Waals surface area (Å²) in [6.45, 7) is 2.13. The van der Waals surface area contributed by atoms with Crippen molar-refractivity contribution >= 4 is 5.69 Å². The van der Waals surface area contributed by atoms with Crippen LogP contribution in [-0.2, 0) is 6.42 Å². The van der Waals surface area contributed by atoms with Gasteiger partial charge >= 0.3 is 0 Å². The highest BCUT2D eigenvalue weighted by Crippen LogP contribution is 2.35. The van der Waals surface area contributed by atoms with Gasteiger partial charge < -0.3 is 10.1 Å². The zero-order valence-electron chi connectivity index (χ0n) is 10.7. The van der Waals surface area contributed by atoms with Crippen molar-refractivity contribution in [1.29, 1.82) is 0 Å². The lowest BCUT2D eigenvalue weighted by Gasteiger charge is -2.12. The first kappa shape index (κ1) is 11.1. The summed E-state index contributed by atoms with van der Waals surface area (Å²) in [5.74, 6) is 0.918. The van der Waals surface area contributed by atoms with Gasteiger partial charge in [-0.2, -0.15) is 0 Å². The maximum Gasteiger partial charge on any atom is 0.119 e. The van der Waals surface area contributed by atoms with Gasteiger partial charge in [-0.05, 0) is 48.2 Å². The SMILES string of the molecule is COc1cccc(C2Cc3ccc(C)cc3N2)c1. The maximum atomic E-state index is 5.28. The Morgan fingerprint density at radius 1 is 1.17 bits per heavy atom. The second kappa shape index (κ2) is 4.37. The fourth-order valence-corrected chi connectivity index (χ4v) is 2.52. The summed E-state index contributed by atoms with van der Waals surface area (Å²) in [7, 11) is 1.71. The van der Waals surface area contributed by atoms with E-state index in [0.29, 0.717) is 6.04 Å². The van der Waals surface area contributed by atoms with E-state index in [4.69, 9.17) is 4.74 Å². The van der Waals surface area contributed by atoms with Crippen LogP contribution in [0.3, 0.4) is 0 Å². The summed E-state index contributed by atoms with van der Waals surface area (Å²) >= 11 is 0. The van der Waals surface area contributed by atoms with Gasteiger partial charge in [-0.25, -0.2) is 0 Å². The maximum absolute atomic E-state index is 5.28. The molecule has 0 spiro atoms. The van der Waals surface area contributed by atoms with E-state index in [1.54, 1.807) is 7.11 Å². The van der Waals surface area contributed by atoms with Crippen LogP contribution in [0.15, 0.2) is 42.5 Å². The number of fused-ring (bicyclic) bond motifs is 1. The molecule has 0 aliphatic carbocycles. The second-order valence-electron chi connectivity index (χ2n) is 4.84. The molecular formula is C16H17NO. The zero-order chi connectivity index (χ0) is 12.5. The molecule has 3 rings (SSSR count). The molecule has 1 atom stereocenters. The molecule has 1 aliphatic rings. The van der Waals surface area contributed by atoms with Crippen molar-refractivity contribution in [1.82, 2.24) is 0 Å². The highest BCUT2D eigenvalue weighted by atomic mass is 16.5. The number of hydrogen-bond acceptors (Lipinski definition) is 2. The Morgan fingerprint density at radius 3 is 2.89 bits per heavy atom. The molecule has 1 aliphatic heterocycles. The van der Waals surface area contributed by atoms with E-state index in [1.807, 2.05) is 12.1 Å². The fourth-order valence-electron chi connectivity index (χ4n) is 2.52. The van der Waals surface area contributed by atoms with Gasteiger partial charge in [0.15, 0.2) is 0 Å². The molecule has 0 bridgehead atoms. The summed E-state index contributed by atoms with van der Waals surface area (Å²) in [5, 5.41) is 3.59. The van der Waals surface area contributed by atoms with Crippen molar-refractivity contribution in [2.24, 2.45) is 0 Å². The molecule has 0 amide bonds. The summed E-state index contributed by atoms with van der Waals surface area (Å²) in [6.07, 6.45) is 1.04. The Morgan fingerprint density at radius 2 is 2.06 bits per heavy atom. The van der Waals surface area contributed by atoms with E-state index in [0.717, 1.165) is 12.2 Å². The van der Waals surface area contributed by atoms with Crippen LogP contribution in [0.25, 0.3) is 0 Å². The molecule has 18 heavy (non-hydrogen) atoms. The zero-order valence-corrected chi connectivity index (χ0v) is 10.7. The highest BCUT2D eigenvalue weighted by Gasteiger charge is 2.21. The number of anilines is 1. The van der Waals surface area contributed by atoms with E-state index in [2.05, 4.69) is 42.6 Å². The molecule has 2 heteroatoms. The van der Waals surface area contributed by atoms with Gasteiger partial charge in [-0.3, -0.25) is 0 Å². The minimum absolute atomic E-state index is 0.358. The molecule has 1 heterocycles. The fraction of sp³-hybridized carbons (Fsp3) is 0.250. The lowest BCUT2D eigenvalue weighted by atomic mass is 10.0. The summed E-state index contributed by atoms with van der Waals surface area (Å²) in [5.41, 5.74) is 5.24. The minimum atomic E-state index is 0.358. The highest BCUT2D eigenvalue weighted by molar-refractivity contribution is 5.59. The number of rotatable bonds is 2. The third-order valence-corrected chi connectivity index (χ3v) is 3.52. The van der Waals surface area contributed by atoms with Crippen molar-refractivity contribution in [2.75, 3.05) is 12.4 Å². The predicted molar refractivity (Wildman–Crippen MR) is 74.2 cm³/mol. The van der Waals surface area contributed by atoms with Crippen LogP contribution in [0.2, 0.25) is 0 Å². The summed E-state index contributed by atoms with van der Waals surface area (Å²) < 4.78 is 5.28. The molecule has 0 fully saturated rings. The number of aryl methyl sites for hydroxylation is 1. The van der Waals surface area contributed by atoms with Gasteiger partial charge in [0, 0.05) is 5.69 Å². The van der Waals surface area contributed by atoms with Crippen molar-refractivity contribution in [3.63, 3.8) is 0 Å². The van der Waals surface area contributed by atoms with Gasteiger partial charge in [0.2, 0.25) is 0 Å². The molecule has 0 saturated heterocycles. The monoisotopic (exact) mass is 239 g/mol. The second-order valence-corrected chi connectivity index (χ2v) is 4.84. The Balaban J connectivity index is 1.88. The Labute approximate surface area is 108 Å². The topological polar surface area (TPSA) is 21.3 Å². The van der Waals surface area contributed by atoms with Crippen molar-refractivity contribution < 1.29 is 4.74 Å². The lowest BCUT2D eigenvalue weighted by molar-refractivity contribution is 0.414. The van der Waals surface area contributed by atoms with Gasteiger partial charge in [0.05, 0.1) is 13.2 Å². The first-order chi connectivity index (χ1) is 8.76. The van der Waals surface area contributed by atoms with Crippen LogP contribution in [-0.4, -0.2) is 7.11 Å². The van der Waals surface area contributed by atoms with Crippen LogP contribution in [0.4, 0.5) is 5.69 Å². The Kier molecular flexibility index (Phi) is 2.71. The van der Waals surface area contributed by atoms with Crippen LogP contribution >= 0.6 is 0 Å². The molecule has 0 radical (unpaired) electrons. The number of hydrogen-bond donors (Lipinski definition) is 1. The van der Waals surface area contributed by atoms with Crippen LogP contribution in [0.1, 0.15) is 22.7 Å². The normalized spacial score (nSPS) is 17.1. The van der Waals surface area contributed by atoms with E-state index in [9.17, 15) is 0 Å². The molecule has 0 aromatic heterocycles. The number of methoxy groups -OCH3 is 1. The molecule has 92 valence electrons. The predicted octanol–water partition coefficient (Wildman–Crippen LogP) is 3.71. The van der Waals surface area contributed by atoms with Gasteiger partial charge in [0.1, 0.15) is 5.75 Å². The molecular weight excluding hydrogens is 222 g/mol. The molecule has 2 nitrogen and oxygen atoms in total. The van der Waals surface area contributed by atoms with Crippen molar-refractivity contribution in [3.05, 3.63) is 59.2 Å². The average Bonchev–Trinajstić information content (AvgIpc) is 2.81. The quantitative estimate of drug-likeness (QED) is 0.862. The largest absolute Gasteiger partial charge is 0.497 e. The van der Waals surface area contributed by atoms with Crippen molar-refractivity contribution in [3.8, 4) is 5.75 Å². The van der Waals surface area contributed by atoms with E-state index in [1.165, 1.54) is 22.4 Å². The van der Waals surface area contributed by atoms with E-state index < -0.39 is 0 Å². The first-order valence-electron chi connectivity index (χ1n) is 6.26. The summed E-state index contributed by atoms with van der Waals surface area (Å²) in [6, 6.07) is 15.3. The smallest absolute Gasteiger partial charge is 0.119 e. The van der Waals surface area contributed by atoms with Gasteiger partial charge in [-0.1, -0.05) is 24.3 Å². The average molecular weight is 239 g/mol. The lowest BCUT2D eigenvalue weighted by Crippen LogP contribution is -2.05. The molecule has 0 saturated carbocycles. The molecule has 1 N–H and O–H groups in total. The van der Waals surface area contributed by atoms with Crippen LogP contribution < -0.4 is 10.1 Å². The van der Waals surface area contributed by atoms with E-state index >= 15 is 0 Å². The first-order valence-corrected chi connectivity index (χ1v) is 6.26. The number of nitrogens with one attached hydrogen (secondary N) is 1. The van der Waals surface area contributed by atoms with Crippen LogP contribution in [0.5, 0.6) is 5.75 Å². The van der Waals surface area contributed by atoms with Gasteiger partial charge in [-0.15, -0.1) is 0 Å². The standard InChI is InChI=1S/C16H17NO/c1-11-6-7-13-10-16(17-15(13)8-11)12-4-3-5-14(9-12)18-2/h3-9,16-17H,10H2,1-2H3. The number of benzene rings is 2. The minimum Gasteiger partial charge on any atom is -0.497 e. The van der Waals surface area contributed by atoms with E-state index in [-0.39, 0.29) is 0 Å². The molecule has 1 unspecified atom stereocenters. The van der Waals surface area contributed by atoms with Crippen LogP contribution in [0, 0.1) is 6.92 Å². The third-order valence-electron chi connectivity index (χ3n) is 3.52. The Hall–Kier alpha value is -1.96. The molecule has 2 aromatic rings. The summed E-state index contributed by atoms with van der Waals surface area (Å²) in [4.78, 5) is 0. The Bertz CT molecular complexity index is 577. The number of ether oxygens (including phenoxy) is 1. The van der Waals surface area contributed by atoms with Gasteiger partial charge in [0.25, 0.3) is 0 Å². The van der Waals surface area contributed by atoms with Crippen molar-refractivity contribution in [2.45, 2.75) is 19.4 Å². The third kappa shape index (κ3) is 1.94.